The molecule has 346 valence electrons. The SMILES string of the molecule is CC1C=CC=C(N(C2=CCC(C)(c3ccc4c5c(c6ccccc6c4c3)C3=CC=C(N(c4ccccc4)c4ccc6c(c4)C(C)(C)c4ccccc4-6)CC3O5)C=C2)C2=CCCc3c2oc2ccccc32)C1. The summed E-state index contributed by atoms with van der Waals surface area (Å²) in [5, 5.41) is 6.14. The molecular formula is C67H56N2O2. The van der Waals surface area contributed by atoms with E-state index in [0.29, 0.717) is 5.92 Å². The zero-order valence-electron chi connectivity index (χ0n) is 40.9. The summed E-state index contributed by atoms with van der Waals surface area (Å²) in [4.78, 5) is 4.94. The van der Waals surface area contributed by atoms with Crippen LogP contribution in [0.15, 0.2) is 216 Å². The van der Waals surface area contributed by atoms with Gasteiger partial charge in [0, 0.05) is 73.2 Å². The second kappa shape index (κ2) is 15.8. The maximum atomic E-state index is 7.26. The van der Waals surface area contributed by atoms with Gasteiger partial charge in [-0.1, -0.05) is 167 Å². The third-order valence-corrected chi connectivity index (χ3v) is 16.6. The molecule has 1 aliphatic heterocycles. The Morgan fingerprint density at radius 3 is 2.24 bits per heavy atom. The van der Waals surface area contributed by atoms with Crippen molar-refractivity contribution in [3.63, 3.8) is 0 Å². The van der Waals surface area contributed by atoms with Gasteiger partial charge in [0.15, 0.2) is 5.76 Å². The van der Waals surface area contributed by atoms with Crippen LogP contribution in [0.1, 0.15) is 87.0 Å². The van der Waals surface area contributed by atoms with Crippen LogP contribution >= 0.6 is 0 Å². The van der Waals surface area contributed by atoms with Crippen LogP contribution in [0.25, 0.3) is 54.9 Å². The molecule has 14 rings (SSSR count). The topological polar surface area (TPSA) is 28.9 Å². The molecule has 7 aromatic carbocycles. The average molecular weight is 921 g/mol. The van der Waals surface area contributed by atoms with Gasteiger partial charge in [-0.3, -0.25) is 0 Å². The monoisotopic (exact) mass is 920 g/mol. The number of fused-ring (bicyclic) bond motifs is 14. The van der Waals surface area contributed by atoms with E-state index in [-0.39, 0.29) is 16.9 Å². The van der Waals surface area contributed by atoms with Crippen molar-refractivity contribution in [2.75, 3.05) is 4.90 Å². The van der Waals surface area contributed by atoms with E-state index in [4.69, 9.17) is 9.15 Å². The number of rotatable bonds is 7. The van der Waals surface area contributed by atoms with Gasteiger partial charge < -0.3 is 19.0 Å². The van der Waals surface area contributed by atoms with E-state index in [2.05, 4.69) is 232 Å². The predicted octanol–water partition coefficient (Wildman–Crippen LogP) is 17.2. The lowest BCUT2D eigenvalue weighted by atomic mass is 9.75. The highest BCUT2D eigenvalue weighted by Gasteiger charge is 2.39. The molecule has 0 spiro atoms. The Hall–Kier alpha value is -7.82. The summed E-state index contributed by atoms with van der Waals surface area (Å²) < 4.78 is 14.0. The number of hydrogen-bond acceptors (Lipinski definition) is 4. The van der Waals surface area contributed by atoms with E-state index in [9.17, 15) is 0 Å². The first-order chi connectivity index (χ1) is 34.7. The first-order valence-corrected chi connectivity index (χ1v) is 25.7. The lowest BCUT2D eigenvalue weighted by Gasteiger charge is -2.37. The van der Waals surface area contributed by atoms with Crippen LogP contribution in [0.2, 0.25) is 0 Å². The van der Waals surface area contributed by atoms with Gasteiger partial charge in [-0.15, -0.1) is 0 Å². The maximum Gasteiger partial charge on any atom is 0.155 e. The van der Waals surface area contributed by atoms with Gasteiger partial charge >= 0.3 is 0 Å². The molecule has 1 aromatic heterocycles. The third-order valence-electron chi connectivity index (χ3n) is 16.6. The molecule has 0 saturated carbocycles. The number of furan rings is 1. The van der Waals surface area contributed by atoms with Gasteiger partial charge in [0.2, 0.25) is 0 Å². The zero-order valence-corrected chi connectivity index (χ0v) is 40.9. The molecule has 71 heavy (non-hydrogen) atoms. The molecule has 0 fully saturated rings. The summed E-state index contributed by atoms with van der Waals surface area (Å²) in [6, 6.07) is 51.4. The summed E-state index contributed by atoms with van der Waals surface area (Å²) in [6.07, 6.45) is 25.6. The molecule has 0 amide bonds. The van der Waals surface area contributed by atoms with Crippen LogP contribution in [-0.2, 0) is 17.3 Å². The molecule has 2 heterocycles. The first-order valence-electron chi connectivity index (χ1n) is 25.7. The molecule has 4 heteroatoms. The lowest BCUT2D eigenvalue weighted by Crippen LogP contribution is -2.27. The summed E-state index contributed by atoms with van der Waals surface area (Å²) in [5.41, 5.74) is 18.4. The van der Waals surface area contributed by atoms with E-state index in [1.54, 1.807) is 0 Å². The quantitative estimate of drug-likeness (QED) is 0.149. The highest BCUT2D eigenvalue weighted by atomic mass is 16.5. The molecule has 3 unspecified atom stereocenters. The van der Waals surface area contributed by atoms with Crippen molar-refractivity contribution in [3.05, 3.63) is 245 Å². The molecule has 8 aromatic rings. The van der Waals surface area contributed by atoms with Crippen molar-refractivity contribution in [1.82, 2.24) is 4.90 Å². The number of anilines is 2. The van der Waals surface area contributed by atoms with Crippen LogP contribution in [-0.4, -0.2) is 11.0 Å². The smallest absolute Gasteiger partial charge is 0.155 e. The molecule has 0 radical (unpaired) electrons. The van der Waals surface area contributed by atoms with Crippen molar-refractivity contribution in [1.29, 1.82) is 0 Å². The van der Waals surface area contributed by atoms with Crippen LogP contribution in [0.3, 0.4) is 0 Å². The van der Waals surface area contributed by atoms with Crippen molar-refractivity contribution in [2.24, 2.45) is 5.92 Å². The standard InChI is InChI=1S/C67H56N2O2/c1-42-16-14-19-46(38-42)69(60-26-15-24-54-52-22-11-13-27-61(52)70-64(54)60)45-34-36-67(4,37-35-45)43-28-31-55-57(39-43)49-20-8-9-23-53(49)63-56-33-30-48(41-62(56)71-65(55)63)68(44-17-6-5-7-18-44)47-29-32-51-50-21-10-12-25-58(50)66(2,3)59(51)40-47/h5-14,16-23,25-36,39-40,42,62H,15,24,37-38,41H2,1-4H3. The minimum absolute atomic E-state index is 0.0972. The summed E-state index contributed by atoms with van der Waals surface area (Å²) in [5.74, 6) is 2.46. The summed E-state index contributed by atoms with van der Waals surface area (Å²) in [7, 11) is 0. The Labute approximate surface area is 416 Å². The predicted molar refractivity (Wildman–Crippen MR) is 294 cm³/mol. The second-order valence-corrected chi connectivity index (χ2v) is 21.3. The molecule has 4 nitrogen and oxygen atoms in total. The number of aryl methyl sites for hydroxylation is 1. The van der Waals surface area contributed by atoms with Gasteiger partial charge in [0.05, 0.1) is 5.70 Å². The number of ether oxygens (including phenoxy) is 1. The molecule has 0 saturated heterocycles. The fourth-order valence-corrected chi connectivity index (χ4v) is 12.9. The number of hydrogen-bond donors (Lipinski definition) is 0. The molecular weight excluding hydrogens is 865 g/mol. The maximum absolute atomic E-state index is 7.26. The Kier molecular flexibility index (Phi) is 9.40. The van der Waals surface area contributed by atoms with E-state index in [1.165, 1.54) is 94.2 Å². The van der Waals surface area contributed by atoms with Crippen molar-refractivity contribution in [2.45, 2.75) is 76.7 Å². The molecule has 5 aliphatic carbocycles. The minimum Gasteiger partial charge on any atom is -0.484 e. The van der Waals surface area contributed by atoms with E-state index in [0.717, 1.165) is 60.6 Å². The van der Waals surface area contributed by atoms with Gasteiger partial charge in [-0.25, -0.2) is 0 Å². The van der Waals surface area contributed by atoms with Crippen molar-refractivity contribution >= 4 is 55.2 Å². The lowest BCUT2D eigenvalue weighted by molar-refractivity contribution is 0.277. The molecule has 6 aliphatic rings. The minimum atomic E-state index is -0.213. The Bertz CT molecular complexity index is 3790. The first kappa shape index (κ1) is 42.1. The van der Waals surface area contributed by atoms with Gasteiger partial charge in [-0.2, -0.15) is 0 Å². The van der Waals surface area contributed by atoms with Crippen LogP contribution in [0.5, 0.6) is 5.75 Å². The highest BCUT2D eigenvalue weighted by molar-refractivity contribution is 6.17. The van der Waals surface area contributed by atoms with Crippen molar-refractivity contribution < 1.29 is 9.15 Å². The van der Waals surface area contributed by atoms with E-state index < -0.39 is 0 Å². The molecule has 0 N–H and O–H groups in total. The van der Waals surface area contributed by atoms with Crippen LogP contribution in [0, 0.1) is 5.92 Å². The second-order valence-electron chi connectivity index (χ2n) is 21.3. The van der Waals surface area contributed by atoms with E-state index >= 15 is 0 Å². The fraction of sp³-hybridized carbons (Fsp3) is 0.194. The Balaban J connectivity index is 0.807. The number of para-hydroxylation sites is 2. The number of nitrogens with zero attached hydrogens (tertiary/aromatic N) is 2. The Morgan fingerprint density at radius 2 is 1.39 bits per heavy atom. The van der Waals surface area contributed by atoms with Crippen LogP contribution in [0.4, 0.5) is 11.4 Å². The van der Waals surface area contributed by atoms with Gasteiger partial charge in [0.25, 0.3) is 0 Å². The summed E-state index contributed by atoms with van der Waals surface area (Å²) in [6.45, 7) is 9.42. The Morgan fingerprint density at radius 1 is 0.620 bits per heavy atom. The normalized spacial score (nSPS) is 21.3. The summed E-state index contributed by atoms with van der Waals surface area (Å²) >= 11 is 0. The van der Waals surface area contributed by atoms with E-state index in [1.807, 2.05) is 0 Å². The van der Waals surface area contributed by atoms with Gasteiger partial charge in [-0.05, 0) is 130 Å². The molecule has 0 bridgehead atoms. The van der Waals surface area contributed by atoms with Crippen LogP contribution < -0.4 is 9.64 Å². The zero-order chi connectivity index (χ0) is 47.6. The highest BCUT2D eigenvalue weighted by Crippen LogP contribution is 2.54. The third kappa shape index (κ3) is 6.50. The fourth-order valence-electron chi connectivity index (χ4n) is 12.9. The largest absolute Gasteiger partial charge is 0.484 e. The van der Waals surface area contributed by atoms with Gasteiger partial charge in [0.1, 0.15) is 17.4 Å². The number of allylic oxidation sites excluding steroid dienone is 10. The molecule has 3 atom stereocenters. The average Bonchev–Trinajstić information content (AvgIpc) is 4.06. The number of benzene rings is 7. The van der Waals surface area contributed by atoms with Crippen molar-refractivity contribution in [3.8, 4) is 16.9 Å².